The minimum Gasteiger partial charge on any atom is -0.494 e. The molecule has 136 valence electrons. The van der Waals surface area contributed by atoms with Crippen molar-refractivity contribution < 1.29 is 14.6 Å². The molecule has 2 heterocycles. The van der Waals surface area contributed by atoms with Crippen LogP contribution in [0.4, 0.5) is 5.69 Å². The summed E-state index contributed by atoms with van der Waals surface area (Å²) in [6.45, 7) is 4.42. The number of benzene rings is 1. The quantitative estimate of drug-likeness (QED) is 0.856. The number of rotatable bonds is 5. The second-order valence-electron chi connectivity index (χ2n) is 6.14. The predicted molar refractivity (Wildman–Crippen MR) is 98.6 cm³/mol. The fourth-order valence-electron chi connectivity index (χ4n) is 3.02. The second kappa shape index (κ2) is 7.43. The van der Waals surface area contributed by atoms with Crippen LogP contribution in [-0.2, 0) is 0 Å². The summed E-state index contributed by atoms with van der Waals surface area (Å²) in [6.07, 6.45) is 4.44. The Bertz CT molecular complexity index is 917. The molecule has 0 saturated carbocycles. The number of hydrogen-bond acceptors (Lipinski definition) is 5. The lowest BCUT2D eigenvalue weighted by atomic mass is 10.0. The van der Waals surface area contributed by atoms with Crippen LogP contribution in [-0.4, -0.2) is 27.2 Å². The Balaban J connectivity index is 1.94. The molecule has 0 fully saturated rings. The van der Waals surface area contributed by atoms with E-state index in [4.69, 9.17) is 9.84 Å². The van der Waals surface area contributed by atoms with Crippen molar-refractivity contribution >= 4 is 17.2 Å². The summed E-state index contributed by atoms with van der Waals surface area (Å²) in [5.41, 5.74) is 0.898. The zero-order chi connectivity index (χ0) is 18.7. The minimum absolute atomic E-state index is 0.0947. The summed E-state index contributed by atoms with van der Waals surface area (Å²) in [5, 5.41) is 12.4. The van der Waals surface area contributed by atoms with E-state index in [9.17, 15) is 9.59 Å². The van der Waals surface area contributed by atoms with E-state index < -0.39 is 11.5 Å². The van der Waals surface area contributed by atoms with E-state index in [-0.39, 0.29) is 11.6 Å². The third-order valence-electron chi connectivity index (χ3n) is 4.34. The highest BCUT2D eigenvalue weighted by molar-refractivity contribution is 5.87. The molecule has 7 heteroatoms. The van der Waals surface area contributed by atoms with Gasteiger partial charge < -0.3 is 15.2 Å². The molecule has 1 atom stereocenters. The summed E-state index contributed by atoms with van der Waals surface area (Å²) in [7, 11) is 0. The van der Waals surface area contributed by atoms with E-state index in [1.807, 2.05) is 44.3 Å². The molecule has 7 nitrogen and oxygen atoms in total. The molecular formula is C19H21N3O4. The Labute approximate surface area is 151 Å². The monoisotopic (exact) mass is 355 g/mol. The van der Waals surface area contributed by atoms with E-state index >= 15 is 0 Å². The van der Waals surface area contributed by atoms with Gasteiger partial charge in [0.2, 0.25) is 0 Å². The van der Waals surface area contributed by atoms with Crippen LogP contribution in [0.25, 0.3) is 5.57 Å². The fourth-order valence-corrected chi connectivity index (χ4v) is 3.02. The van der Waals surface area contributed by atoms with Crippen LogP contribution in [0.1, 0.15) is 48.9 Å². The lowest BCUT2D eigenvalue weighted by Crippen LogP contribution is -2.34. The standard InChI is InChI=1S/C19H21N3O4/c1-3-26-15-6-4-5-14(9-15)20-10-13-8-7-12(2)22-17(13)21-11-16(18(22)23)19(24)25/h4-6,9-12,20H,3,7-8H2,1-2H3,(H,24,25)/b13-10+. The first-order chi connectivity index (χ1) is 12.5. The van der Waals surface area contributed by atoms with Gasteiger partial charge in [-0.15, -0.1) is 0 Å². The summed E-state index contributed by atoms with van der Waals surface area (Å²) in [6, 6.07) is 7.49. The van der Waals surface area contributed by atoms with Crippen molar-refractivity contribution in [2.75, 3.05) is 11.9 Å². The number of aromatic nitrogens is 2. The number of hydrogen-bond donors (Lipinski definition) is 2. The van der Waals surface area contributed by atoms with Crippen LogP contribution >= 0.6 is 0 Å². The molecule has 1 aliphatic heterocycles. The SMILES string of the molecule is CCOc1cccc(N/C=C2\CCC(C)n3c2ncc(C(=O)O)c3=O)c1. The molecule has 0 radical (unpaired) electrons. The van der Waals surface area contributed by atoms with Gasteiger partial charge in [-0.25, -0.2) is 9.78 Å². The van der Waals surface area contributed by atoms with Gasteiger partial charge in [-0.1, -0.05) is 6.07 Å². The lowest BCUT2D eigenvalue weighted by Gasteiger charge is -2.26. The smallest absolute Gasteiger partial charge is 0.342 e. The number of ether oxygens (including phenoxy) is 1. The van der Waals surface area contributed by atoms with Crippen LogP contribution < -0.4 is 15.6 Å². The molecule has 2 N–H and O–H groups in total. The Morgan fingerprint density at radius 2 is 2.31 bits per heavy atom. The molecule has 1 aromatic carbocycles. The average molecular weight is 355 g/mol. The number of nitrogens with one attached hydrogen (secondary N) is 1. The highest BCUT2D eigenvalue weighted by Gasteiger charge is 2.25. The van der Waals surface area contributed by atoms with E-state index in [1.165, 1.54) is 4.57 Å². The summed E-state index contributed by atoms with van der Waals surface area (Å²) in [5.74, 6) is 0.0215. The van der Waals surface area contributed by atoms with E-state index in [1.54, 1.807) is 0 Å². The Morgan fingerprint density at radius 1 is 1.50 bits per heavy atom. The van der Waals surface area contributed by atoms with Gasteiger partial charge in [0.05, 0.1) is 6.61 Å². The van der Waals surface area contributed by atoms with Gasteiger partial charge in [-0.2, -0.15) is 0 Å². The van der Waals surface area contributed by atoms with Gasteiger partial charge in [-0.3, -0.25) is 9.36 Å². The summed E-state index contributed by atoms with van der Waals surface area (Å²) >= 11 is 0. The molecule has 3 rings (SSSR count). The zero-order valence-corrected chi connectivity index (χ0v) is 14.7. The first kappa shape index (κ1) is 17.7. The number of carboxylic acid groups (broad SMARTS) is 1. The molecule has 1 aliphatic rings. The third kappa shape index (κ3) is 3.46. The number of anilines is 1. The Hall–Kier alpha value is -3.09. The molecule has 2 aromatic rings. The number of aromatic carboxylic acids is 1. The summed E-state index contributed by atoms with van der Waals surface area (Å²) in [4.78, 5) is 27.9. The maximum absolute atomic E-state index is 12.5. The van der Waals surface area contributed by atoms with Crippen molar-refractivity contribution in [1.29, 1.82) is 0 Å². The van der Waals surface area contributed by atoms with Gasteiger partial charge in [0.15, 0.2) is 0 Å². The highest BCUT2D eigenvalue weighted by Crippen LogP contribution is 2.30. The van der Waals surface area contributed by atoms with Crippen LogP contribution in [0.2, 0.25) is 0 Å². The molecular weight excluding hydrogens is 334 g/mol. The van der Waals surface area contributed by atoms with Crippen molar-refractivity contribution in [2.24, 2.45) is 0 Å². The van der Waals surface area contributed by atoms with Crippen LogP contribution in [0.15, 0.2) is 41.5 Å². The highest BCUT2D eigenvalue weighted by atomic mass is 16.5. The molecule has 0 aliphatic carbocycles. The van der Waals surface area contributed by atoms with Crippen molar-refractivity contribution in [3.8, 4) is 5.75 Å². The van der Waals surface area contributed by atoms with Crippen molar-refractivity contribution in [2.45, 2.75) is 32.7 Å². The van der Waals surface area contributed by atoms with Crippen LogP contribution in [0.3, 0.4) is 0 Å². The first-order valence-electron chi connectivity index (χ1n) is 8.55. The zero-order valence-electron chi connectivity index (χ0n) is 14.7. The maximum Gasteiger partial charge on any atom is 0.342 e. The van der Waals surface area contributed by atoms with Gasteiger partial charge in [0.25, 0.3) is 5.56 Å². The number of fused-ring (bicyclic) bond motifs is 1. The minimum atomic E-state index is -1.26. The van der Waals surface area contributed by atoms with Crippen molar-refractivity contribution in [3.63, 3.8) is 0 Å². The Kier molecular flexibility index (Phi) is 5.06. The van der Waals surface area contributed by atoms with Gasteiger partial charge in [0, 0.05) is 35.8 Å². The number of nitrogens with zero attached hydrogens (tertiary/aromatic N) is 2. The van der Waals surface area contributed by atoms with Gasteiger partial charge in [0.1, 0.15) is 17.1 Å². The fraction of sp³-hybridized carbons (Fsp3) is 0.316. The predicted octanol–water partition coefficient (Wildman–Crippen LogP) is 3.15. The first-order valence-corrected chi connectivity index (χ1v) is 8.55. The molecule has 26 heavy (non-hydrogen) atoms. The Morgan fingerprint density at radius 3 is 3.04 bits per heavy atom. The molecule has 0 spiro atoms. The number of allylic oxidation sites excluding steroid dienone is 1. The van der Waals surface area contributed by atoms with E-state index in [2.05, 4.69) is 10.3 Å². The molecule has 1 aromatic heterocycles. The summed E-state index contributed by atoms with van der Waals surface area (Å²) < 4.78 is 6.96. The average Bonchev–Trinajstić information content (AvgIpc) is 2.61. The lowest BCUT2D eigenvalue weighted by molar-refractivity contribution is 0.0693. The van der Waals surface area contributed by atoms with Crippen molar-refractivity contribution in [1.82, 2.24) is 9.55 Å². The maximum atomic E-state index is 12.5. The van der Waals surface area contributed by atoms with Crippen molar-refractivity contribution in [3.05, 3.63) is 58.4 Å². The topological polar surface area (TPSA) is 93.4 Å². The molecule has 0 amide bonds. The van der Waals surface area contributed by atoms with Gasteiger partial charge in [-0.05, 0) is 38.8 Å². The van der Waals surface area contributed by atoms with E-state index in [0.29, 0.717) is 12.4 Å². The number of carbonyl (C=O) groups is 1. The normalized spacial score (nSPS) is 17.6. The third-order valence-corrected chi connectivity index (χ3v) is 4.34. The van der Waals surface area contributed by atoms with Crippen LogP contribution in [0.5, 0.6) is 5.75 Å². The number of carboxylic acids is 1. The second-order valence-corrected chi connectivity index (χ2v) is 6.14. The van der Waals surface area contributed by atoms with Gasteiger partial charge >= 0.3 is 5.97 Å². The molecule has 0 saturated heterocycles. The molecule has 0 bridgehead atoms. The van der Waals surface area contributed by atoms with E-state index in [0.717, 1.165) is 36.0 Å². The molecule has 1 unspecified atom stereocenters. The largest absolute Gasteiger partial charge is 0.494 e. The van der Waals surface area contributed by atoms with Crippen LogP contribution in [0, 0.1) is 0 Å².